The molecule has 0 spiro atoms. The maximum absolute atomic E-state index is 12.4. The molecule has 1 fully saturated rings. The van der Waals surface area contributed by atoms with Crippen LogP contribution in [0.4, 0.5) is 4.79 Å². The fraction of sp³-hybridized carbons (Fsp3) is 0.529. The van der Waals surface area contributed by atoms with E-state index in [-0.39, 0.29) is 24.6 Å². The molecule has 130 valence electrons. The average Bonchev–Trinajstić information content (AvgIpc) is 2.62. The first kappa shape index (κ1) is 16.4. The normalized spacial score (nSPS) is 20.4. The van der Waals surface area contributed by atoms with Crippen molar-refractivity contribution in [3.05, 3.63) is 24.3 Å². The zero-order valence-corrected chi connectivity index (χ0v) is 13.7. The summed E-state index contributed by atoms with van der Waals surface area (Å²) in [5.74, 6) is 1.06. The second-order valence-electron chi connectivity index (χ2n) is 5.83. The van der Waals surface area contributed by atoms with Crippen molar-refractivity contribution in [2.24, 2.45) is 0 Å². The molecule has 2 aliphatic heterocycles. The fourth-order valence-corrected chi connectivity index (χ4v) is 2.86. The molecule has 1 atom stereocenters. The van der Waals surface area contributed by atoms with Crippen LogP contribution in [0.25, 0.3) is 0 Å². The fourth-order valence-electron chi connectivity index (χ4n) is 2.86. The smallest absolute Gasteiger partial charge is 0.409 e. The molecule has 7 nitrogen and oxygen atoms in total. The molecule has 1 saturated heterocycles. The van der Waals surface area contributed by atoms with Gasteiger partial charge in [-0.1, -0.05) is 12.1 Å². The monoisotopic (exact) mass is 334 g/mol. The van der Waals surface area contributed by atoms with Gasteiger partial charge in [0.05, 0.1) is 6.61 Å². The van der Waals surface area contributed by atoms with Crippen molar-refractivity contribution in [1.29, 1.82) is 0 Å². The molecular formula is C17H22N2O5. The molecule has 2 heterocycles. The van der Waals surface area contributed by atoms with Crippen molar-refractivity contribution in [2.45, 2.75) is 31.9 Å². The highest BCUT2D eigenvalue weighted by Crippen LogP contribution is 2.30. The molecule has 0 saturated carbocycles. The quantitative estimate of drug-likeness (QED) is 0.908. The predicted molar refractivity (Wildman–Crippen MR) is 86.1 cm³/mol. The van der Waals surface area contributed by atoms with Gasteiger partial charge in [0.25, 0.3) is 5.91 Å². The summed E-state index contributed by atoms with van der Waals surface area (Å²) >= 11 is 0. The zero-order valence-electron chi connectivity index (χ0n) is 13.7. The van der Waals surface area contributed by atoms with Crippen molar-refractivity contribution in [1.82, 2.24) is 10.2 Å². The van der Waals surface area contributed by atoms with E-state index in [1.165, 1.54) is 0 Å². The van der Waals surface area contributed by atoms with Gasteiger partial charge in [-0.05, 0) is 31.9 Å². The number of hydrogen-bond donors (Lipinski definition) is 1. The Bertz CT molecular complexity index is 598. The highest BCUT2D eigenvalue weighted by molar-refractivity contribution is 5.82. The molecule has 1 N–H and O–H groups in total. The van der Waals surface area contributed by atoms with Crippen LogP contribution in [0, 0.1) is 0 Å². The van der Waals surface area contributed by atoms with E-state index < -0.39 is 6.10 Å². The van der Waals surface area contributed by atoms with Crippen LogP contribution in [0.2, 0.25) is 0 Å². The van der Waals surface area contributed by atoms with E-state index in [0.29, 0.717) is 44.0 Å². The van der Waals surface area contributed by atoms with Gasteiger partial charge in [-0.25, -0.2) is 4.79 Å². The van der Waals surface area contributed by atoms with Gasteiger partial charge in [0.1, 0.15) is 6.61 Å². The molecule has 0 aliphatic carbocycles. The molecule has 2 aliphatic rings. The van der Waals surface area contributed by atoms with Crippen LogP contribution in [0.3, 0.4) is 0 Å². The summed E-state index contributed by atoms with van der Waals surface area (Å²) in [7, 11) is 0. The summed E-state index contributed by atoms with van der Waals surface area (Å²) in [6, 6.07) is 7.33. The minimum atomic E-state index is -0.650. The number of nitrogens with one attached hydrogen (secondary N) is 1. The van der Waals surface area contributed by atoms with Gasteiger partial charge in [0.15, 0.2) is 11.5 Å². The van der Waals surface area contributed by atoms with E-state index in [1.807, 2.05) is 18.2 Å². The van der Waals surface area contributed by atoms with Crippen molar-refractivity contribution in [2.75, 3.05) is 26.3 Å². The lowest BCUT2D eigenvalue weighted by molar-refractivity contribution is -0.131. The van der Waals surface area contributed by atoms with Crippen LogP contribution >= 0.6 is 0 Å². The van der Waals surface area contributed by atoms with Crippen LogP contribution in [-0.4, -0.2) is 55.3 Å². The number of fused-ring (bicyclic) bond motifs is 1. The number of piperidine rings is 1. The third kappa shape index (κ3) is 3.72. The number of carbonyl (C=O) groups is 2. The first-order valence-electron chi connectivity index (χ1n) is 8.28. The lowest BCUT2D eigenvalue weighted by Crippen LogP contribution is -2.51. The number of likely N-dealkylation sites (tertiary alicyclic amines) is 1. The average molecular weight is 334 g/mol. The van der Waals surface area contributed by atoms with Crippen LogP contribution < -0.4 is 14.8 Å². The Balaban J connectivity index is 1.48. The van der Waals surface area contributed by atoms with E-state index in [9.17, 15) is 9.59 Å². The van der Waals surface area contributed by atoms with Crippen molar-refractivity contribution < 1.29 is 23.8 Å². The molecule has 1 unspecified atom stereocenters. The predicted octanol–water partition coefficient (Wildman–Crippen LogP) is 1.56. The summed E-state index contributed by atoms with van der Waals surface area (Å²) in [5.41, 5.74) is 0. The molecule has 1 aromatic rings. The Morgan fingerprint density at radius 1 is 1.25 bits per heavy atom. The SMILES string of the molecule is CCOC(=O)N1CCC(NC(=O)C2COc3ccccc3O2)CC1. The maximum Gasteiger partial charge on any atom is 0.409 e. The van der Waals surface area contributed by atoms with Gasteiger partial charge in [0, 0.05) is 19.1 Å². The minimum Gasteiger partial charge on any atom is -0.485 e. The molecule has 1 aromatic carbocycles. The lowest BCUT2D eigenvalue weighted by atomic mass is 10.1. The van der Waals surface area contributed by atoms with Gasteiger partial charge < -0.3 is 24.4 Å². The largest absolute Gasteiger partial charge is 0.485 e. The number of rotatable bonds is 3. The summed E-state index contributed by atoms with van der Waals surface area (Å²) in [6.07, 6.45) is 0.467. The van der Waals surface area contributed by atoms with Crippen molar-refractivity contribution in [3.8, 4) is 11.5 Å². The number of hydrogen-bond acceptors (Lipinski definition) is 5. The number of ether oxygens (including phenoxy) is 3. The molecule has 24 heavy (non-hydrogen) atoms. The van der Waals surface area contributed by atoms with E-state index in [0.717, 1.165) is 0 Å². The summed E-state index contributed by atoms with van der Waals surface area (Å²) in [4.78, 5) is 25.7. The number of carbonyl (C=O) groups excluding carboxylic acids is 2. The number of para-hydroxylation sites is 2. The summed E-state index contributed by atoms with van der Waals surface area (Å²) in [5, 5.41) is 2.99. The molecule has 0 bridgehead atoms. The lowest BCUT2D eigenvalue weighted by Gasteiger charge is -2.33. The van der Waals surface area contributed by atoms with Crippen molar-refractivity contribution >= 4 is 12.0 Å². The third-order valence-corrected chi connectivity index (χ3v) is 4.17. The Morgan fingerprint density at radius 3 is 2.67 bits per heavy atom. The van der Waals surface area contributed by atoms with Gasteiger partial charge in [-0.2, -0.15) is 0 Å². The summed E-state index contributed by atoms with van der Waals surface area (Å²) in [6.45, 7) is 3.51. The number of benzene rings is 1. The molecule has 0 radical (unpaired) electrons. The van der Waals surface area contributed by atoms with Crippen LogP contribution in [0.15, 0.2) is 24.3 Å². The van der Waals surface area contributed by atoms with E-state index in [1.54, 1.807) is 17.9 Å². The molecular weight excluding hydrogens is 312 g/mol. The van der Waals surface area contributed by atoms with E-state index in [2.05, 4.69) is 5.32 Å². The van der Waals surface area contributed by atoms with Gasteiger partial charge in [-0.3, -0.25) is 4.79 Å². The highest BCUT2D eigenvalue weighted by Gasteiger charge is 2.30. The van der Waals surface area contributed by atoms with Crippen LogP contribution in [0.1, 0.15) is 19.8 Å². The van der Waals surface area contributed by atoms with Crippen molar-refractivity contribution in [3.63, 3.8) is 0 Å². The number of nitrogens with zero attached hydrogens (tertiary/aromatic N) is 1. The Morgan fingerprint density at radius 2 is 1.96 bits per heavy atom. The summed E-state index contributed by atoms with van der Waals surface area (Å²) < 4.78 is 16.3. The third-order valence-electron chi connectivity index (χ3n) is 4.17. The molecule has 2 amide bonds. The van der Waals surface area contributed by atoms with E-state index in [4.69, 9.17) is 14.2 Å². The van der Waals surface area contributed by atoms with Gasteiger partial charge in [-0.15, -0.1) is 0 Å². The first-order valence-corrected chi connectivity index (χ1v) is 8.28. The van der Waals surface area contributed by atoms with Gasteiger partial charge in [0.2, 0.25) is 6.10 Å². The second kappa shape index (κ2) is 7.42. The second-order valence-corrected chi connectivity index (χ2v) is 5.83. The van der Waals surface area contributed by atoms with E-state index >= 15 is 0 Å². The Hall–Kier alpha value is -2.44. The minimum absolute atomic E-state index is 0.0314. The Labute approximate surface area is 140 Å². The zero-order chi connectivity index (χ0) is 16.9. The van der Waals surface area contributed by atoms with Gasteiger partial charge >= 0.3 is 6.09 Å². The molecule has 3 rings (SSSR count). The Kier molecular flexibility index (Phi) is 5.08. The number of amides is 2. The maximum atomic E-state index is 12.4. The van der Waals surface area contributed by atoms with Crippen LogP contribution in [-0.2, 0) is 9.53 Å². The van der Waals surface area contributed by atoms with Crippen LogP contribution in [0.5, 0.6) is 11.5 Å². The molecule has 7 heteroatoms. The standard InChI is InChI=1S/C17H22N2O5/c1-2-22-17(21)19-9-7-12(8-10-19)18-16(20)15-11-23-13-5-3-4-6-14(13)24-15/h3-6,12,15H,2,7-11H2,1H3,(H,18,20). The molecule has 0 aromatic heterocycles. The topological polar surface area (TPSA) is 77.1 Å². The first-order chi connectivity index (χ1) is 11.7. The highest BCUT2D eigenvalue weighted by atomic mass is 16.6.